The summed E-state index contributed by atoms with van der Waals surface area (Å²) in [5, 5.41) is 16.3. The number of aliphatic hydroxyl groups is 1. The Morgan fingerprint density at radius 2 is 2.18 bits per heavy atom. The first-order valence-corrected chi connectivity index (χ1v) is 8.55. The van der Waals surface area contributed by atoms with Crippen LogP contribution < -0.4 is 5.32 Å². The first-order chi connectivity index (χ1) is 13.7. The van der Waals surface area contributed by atoms with Crippen LogP contribution in [0.4, 0.5) is 5.82 Å². The van der Waals surface area contributed by atoms with E-state index in [-0.39, 0.29) is 18.3 Å². The van der Waals surface area contributed by atoms with Gasteiger partial charge in [-0.05, 0) is 17.7 Å². The van der Waals surface area contributed by atoms with Gasteiger partial charge in [-0.25, -0.2) is 15.0 Å². The van der Waals surface area contributed by atoms with E-state index in [4.69, 9.17) is 10.3 Å². The van der Waals surface area contributed by atoms with E-state index in [2.05, 4.69) is 30.3 Å². The molecular weight excluding hydrogens is 364 g/mol. The van der Waals surface area contributed by atoms with Crippen molar-refractivity contribution in [2.75, 3.05) is 11.9 Å². The van der Waals surface area contributed by atoms with Gasteiger partial charge in [-0.2, -0.15) is 0 Å². The number of carbonyl (C=O) groups is 1. The van der Waals surface area contributed by atoms with Crippen molar-refractivity contribution >= 4 is 22.9 Å². The van der Waals surface area contributed by atoms with Crippen molar-refractivity contribution in [3.63, 3.8) is 0 Å². The number of hydrogen-bond donors (Lipinski definition) is 2. The van der Waals surface area contributed by atoms with Gasteiger partial charge in [0.1, 0.15) is 12.6 Å². The minimum absolute atomic E-state index is 0.0359. The van der Waals surface area contributed by atoms with Crippen LogP contribution in [0.5, 0.6) is 0 Å². The van der Waals surface area contributed by atoms with Gasteiger partial charge in [0.25, 0.3) is 5.91 Å². The maximum absolute atomic E-state index is 12.4. The van der Waals surface area contributed by atoms with Gasteiger partial charge in [0.05, 0.1) is 25.1 Å². The largest absolute Gasteiger partial charge is 0.390 e. The molecule has 2 N–H and O–H groups in total. The van der Waals surface area contributed by atoms with Crippen LogP contribution in [0, 0.1) is 0 Å². The van der Waals surface area contributed by atoms with Gasteiger partial charge < -0.3 is 15.2 Å². The third-order valence-electron chi connectivity index (χ3n) is 4.47. The summed E-state index contributed by atoms with van der Waals surface area (Å²) in [6.07, 6.45) is 1.25. The third kappa shape index (κ3) is 3.37. The SMILES string of the molecule is [N-]=[N+]=NC[C@H]1O[C@@H](n2cnc3c(NC(=O)c4ccccc4)ncnc32)CC1O. The van der Waals surface area contributed by atoms with Gasteiger partial charge in [0.2, 0.25) is 0 Å². The Hall–Kier alpha value is -3.53. The van der Waals surface area contributed by atoms with Crippen LogP contribution in [0.2, 0.25) is 0 Å². The highest BCUT2D eigenvalue weighted by Gasteiger charge is 2.35. The highest BCUT2D eigenvalue weighted by atomic mass is 16.5. The summed E-state index contributed by atoms with van der Waals surface area (Å²) in [7, 11) is 0. The number of rotatable bonds is 5. The lowest BCUT2D eigenvalue weighted by molar-refractivity contribution is -0.0114. The standard InChI is InChI=1S/C17H16N8O3/c18-24-22-7-12-11(26)6-13(28-12)25-9-21-14-15(19-8-20-16(14)25)23-17(27)10-4-2-1-3-5-10/h1-5,8-9,11-13,26H,6-7H2,(H,19,20,23,27)/t11?,12-,13-/m1/s1. The average Bonchev–Trinajstić information content (AvgIpc) is 3.31. The number of aliphatic hydroxyl groups excluding tert-OH is 1. The molecule has 0 saturated carbocycles. The maximum Gasteiger partial charge on any atom is 0.256 e. The Morgan fingerprint density at radius 1 is 1.36 bits per heavy atom. The number of azide groups is 1. The van der Waals surface area contributed by atoms with Crippen LogP contribution in [0.3, 0.4) is 0 Å². The lowest BCUT2D eigenvalue weighted by Gasteiger charge is -2.14. The van der Waals surface area contributed by atoms with Crippen LogP contribution in [-0.4, -0.2) is 49.3 Å². The predicted octanol–water partition coefficient (Wildman–Crippen LogP) is 2.04. The molecule has 1 unspecified atom stereocenters. The van der Waals surface area contributed by atoms with Gasteiger partial charge in [-0.3, -0.25) is 9.36 Å². The summed E-state index contributed by atoms with van der Waals surface area (Å²) in [6.45, 7) is 0.0359. The van der Waals surface area contributed by atoms with Gasteiger partial charge in [0, 0.05) is 16.9 Å². The molecular formula is C17H16N8O3. The minimum atomic E-state index is -0.771. The van der Waals surface area contributed by atoms with Crippen LogP contribution >= 0.6 is 0 Å². The van der Waals surface area contributed by atoms with Crippen molar-refractivity contribution in [1.29, 1.82) is 0 Å². The molecule has 142 valence electrons. The normalized spacial score (nSPS) is 21.4. The molecule has 11 nitrogen and oxygen atoms in total. The molecule has 11 heteroatoms. The fourth-order valence-corrected chi connectivity index (χ4v) is 3.09. The van der Waals surface area contributed by atoms with Crippen LogP contribution in [0.15, 0.2) is 48.1 Å². The number of fused-ring (bicyclic) bond motifs is 1. The minimum Gasteiger partial charge on any atom is -0.390 e. The summed E-state index contributed by atoms with van der Waals surface area (Å²) in [5.41, 5.74) is 9.80. The quantitative estimate of drug-likeness (QED) is 0.393. The van der Waals surface area contributed by atoms with Crippen molar-refractivity contribution < 1.29 is 14.6 Å². The smallest absolute Gasteiger partial charge is 0.256 e. The monoisotopic (exact) mass is 380 g/mol. The average molecular weight is 380 g/mol. The molecule has 1 fully saturated rings. The third-order valence-corrected chi connectivity index (χ3v) is 4.47. The number of carbonyl (C=O) groups excluding carboxylic acids is 1. The topological polar surface area (TPSA) is 151 Å². The number of anilines is 1. The number of hydrogen-bond acceptors (Lipinski definition) is 7. The molecule has 1 aliphatic heterocycles. The molecule has 3 heterocycles. The van der Waals surface area contributed by atoms with Crippen molar-refractivity contribution in [2.24, 2.45) is 5.11 Å². The van der Waals surface area contributed by atoms with Crippen molar-refractivity contribution in [3.05, 3.63) is 59.0 Å². The van der Waals surface area contributed by atoms with E-state index in [1.807, 2.05) is 6.07 Å². The van der Waals surface area contributed by atoms with E-state index < -0.39 is 18.4 Å². The zero-order valence-corrected chi connectivity index (χ0v) is 14.6. The molecule has 28 heavy (non-hydrogen) atoms. The summed E-state index contributed by atoms with van der Waals surface area (Å²) < 4.78 is 7.44. The molecule has 1 amide bonds. The molecule has 1 aromatic carbocycles. The van der Waals surface area contributed by atoms with E-state index in [0.29, 0.717) is 23.1 Å². The molecule has 0 radical (unpaired) electrons. The first-order valence-electron chi connectivity index (χ1n) is 8.55. The van der Waals surface area contributed by atoms with E-state index >= 15 is 0 Å². The molecule has 0 aliphatic carbocycles. The van der Waals surface area contributed by atoms with Crippen molar-refractivity contribution in [2.45, 2.75) is 24.9 Å². The molecule has 1 saturated heterocycles. The number of amides is 1. The number of aromatic nitrogens is 4. The fourth-order valence-electron chi connectivity index (χ4n) is 3.09. The molecule has 2 aromatic heterocycles. The highest BCUT2D eigenvalue weighted by molar-refractivity contribution is 6.06. The summed E-state index contributed by atoms with van der Waals surface area (Å²) in [5.74, 6) is -0.0288. The zero-order valence-electron chi connectivity index (χ0n) is 14.6. The van der Waals surface area contributed by atoms with Crippen molar-refractivity contribution in [1.82, 2.24) is 19.5 Å². The van der Waals surface area contributed by atoms with Crippen molar-refractivity contribution in [3.8, 4) is 0 Å². The predicted molar refractivity (Wildman–Crippen MR) is 98.3 cm³/mol. The second-order valence-electron chi connectivity index (χ2n) is 6.21. The number of benzene rings is 1. The first kappa shape index (κ1) is 17.9. The summed E-state index contributed by atoms with van der Waals surface area (Å²) in [4.78, 5) is 27.7. The van der Waals surface area contributed by atoms with E-state index in [0.717, 1.165) is 0 Å². The number of nitrogens with one attached hydrogen (secondary N) is 1. The van der Waals surface area contributed by atoms with Gasteiger partial charge in [-0.1, -0.05) is 23.3 Å². The number of ether oxygens (including phenoxy) is 1. The number of nitrogens with zero attached hydrogens (tertiary/aromatic N) is 7. The second kappa shape index (κ2) is 7.61. The Balaban J connectivity index is 1.59. The van der Waals surface area contributed by atoms with Gasteiger partial charge in [-0.15, -0.1) is 0 Å². The number of imidazole rings is 1. The second-order valence-corrected chi connectivity index (χ2v) is 6.21. The molecule has 0 bridgehead atoms. The van der Waals surface area contributed by atoms with Gasteiger partial charge >= 0.3 is 0 Å². The lowest BCUT2D eigenvalue weighted by Crippen LogP contribution is -2.23. The zero-order chi connectivity index (χ0) is 19.5. The van der Waals surface area contributed by atoms with Gasteiger partial charge in [0.15, 0.2) is 17.0 Å². The molecule has 1 aliphatic rings. The Kier molecular flexibility index (Phi) is 4.85. The molecule has 3 aromatic rings. The Bertz CT molecular complexity index is 1050. The molecule has 4 rings (SSSR count). The fraction of sp³-hybridized carbons (Fsp3) is 0.294. The molecule has 0 spiro atoms. The Labute approximate surface area is 158 Å². The molecule has 3 atom stereocenters. The summed E-state index contributed by atoms with van der Waals surface area (Å²) >= 11 is 0. The summed E-state index contributed by atoms with van der Waals surface area (Å²) in [6, 6.07) is 8.77. The van der Waals surface area contributed by atoms with E-state index in [1.165, 1.54) is 12.7 Å². The lowest BCUT2D eigenvalue weighted by atomic mass is 10.2. The highest BCUT2D eigenvalue weighted by Crippen LogP contribution is 2.32. The van der Waals surface area contributed by atoms with Crippen LogP contribution in [-0.2, 0) is 4.74 Å². The van der Waals surface area contributed by atoms with E-state index in [9.17, 15) is 9.90 Å². The van der Waals surface area contributed by atoms with Crippen LogP contribution in [0.25, 0.3) is 21.6 Å². The van der Waals surface area contributed by atoms with Crippen LogP contribution in [0.1, 0.15) is 23.0 Å². The Morgan fingerprint density at radius 3 is 2.96 bits per heavy atom. The maximum atomic E-state index is 12.4. The van der Waals surface area contributed by atoms with E-state index in [1.54, 1.807) is 28.8 Å².